The number of thiocarbonyl (C=S) groups is 1. The first-order valence-corrected chi connectivity index (χ1v) is 9.88. The van der Waals surface area contributed by atoms with Gasteiger partial charge in [0.25, 0.3) is 0 Å². The van der Waals surface area contributed by atoms with E-state index in [4.69, 9.17) is 12.2 Å². The van der Waals surface area contributed by atoms with Crippen molar-refractivity contribution in [3.8, 4) is 0 Å². The summed E-state index contributed by atoms with van der Waals surface area (Å²) < 4.78 is 0. The molecule has 1 saturated carbocycles. The standard InChI is InChI=1S/C21H32N2S/c1-5-6-7-16-8-10-17(11-9-16)22-19(24)23-15-21(4)13-18(23)12-20(2,3)14-21/h8-11,18H,5-7,12-15H2,1-4H3,(H,22,24)/t18-,21-/m1/s1. The molecule has 24 heavy (non-hydrogen) atoms. The fourth-order valence-corrected chi connectivity index (χ4v) is 5.36. The second-order valence-corrected chi connectivity index (χ2v) is 9.46. The Morgan fingerprint density at radius 1 is 1.21 bits per heavy atom. The molecule has 0 unspecified atom stereocenters. The van der Waals surface area contributed by atoms with Gasteiger partial charge in [0.2, 0.25) is 0 Å². The monoisotopic (exact) mass is 344 g/mol. The summed E-state index contributed by atoms with van der Waals surface area (Å²) in [5.74, 6) is 0. The molecule has 0 radical (unpaired) electrons. The number of unbranched alkanes of at least 4 members (excludes halogenated alkanes) is 1. The Labute approximate surface area is 153 Å². The lowest BCUT2D eigenvalue weighted by Gasteiger charge is -2.39. The van der Waals surface area contributed by atoms with Gasteiger partial charge in [-0.3, -0.25) is 0 Å². The molecule has 2 fully saturated rings. The third-order valence-electron chi connectivity index (χ3n) is 5.70. The van der Waals surface area contributed by atoms with Crippen LogP contribution in [0.3, 0.4) is 0 Å². The molecular formula is C21H32N2S. The maximum Gasteiger partial charge on any atom is 0.173 e. The van der Waals surface area contributed by atoms with Crippen molar-refractivity contribution in [1.82, 2.24) is 4.90 Å². The van der Waals surface area contributed by atoms with E-state index in [-0.39, 0.29) is 0 Å². The largest absolute Gasteiger partial charge is 0.345 e. The average molecular weight is 345 g/mol. The van der Waals surface area contributed by atoms with Gasteiger partial charge < -0.3 is 10.2 Å². The van der Waals surface area contributed by atoms with Crippen LogP contribution in [0.2, 0.25) is 0 Å². The van der Waals surface area contributed by atoms with E-state index in [1.807, 2.05) is 0 Å². The highest BCUT2D eigenvalue weighted by Crippen LogP contribution is 2.52. The fraction of sp³-hybridized carbons (Fsp3) is 0.667. The molecular weight excluding hydrogens is 312 g/mol. The van der Waals surface area contributed by atoms with Crippen molar-refractivity contribution in [3.63, 3.8) is 0 Å². The molecule has 0 spiro atoms. The van der Waals surface area contributed by atoms with Gasteiger partial charge in [-0.25, -0.2) is 0 Å². The zero-order valence-electron chi connectivity index (χ0n) is 15.7. The number of nitrogens with one attached hydrogen (secondary N) is 1. The summed E-state index contributed by atoms with van der Waals surface area (Å²) in [4.78, 5) is 2.45. The summed E-state index contributed by atoms with van der Waals surface area (Å²) in [6.45, 7) is 10.6. The number of benzene rings is 1. The van der Waals surface area contributed by atoms with Crippen molar-refractivity contribution >= 4 is 23.0 Å². The van der Waals surface area contributed by atoms with Crippen molar-refractivity contribution in [1.29, 1.82) is 0 Å². The molecule has 2 atom stereocenters. The first-order chi connectivity index (χ1) is 11.3. The van der Waals surface area contributed by atoms with Gasteiger partial charge in [-0.1, -0.05) is 46.2 Å². The number of likely N-dealkylation sites (tertiary alicyclic amines) is 1. The maximum atomic E-state index is 5.76. The van der Waals surface area contributed by atoms with E-state index in [1.54, 1.807) is 0 Å². The van der Waals surface area contributed by atoms with Gasteiger partial charge in [0, 0.05) is 18.3 Å². The van der Waals surface area contributed by atoms with Crippen LogP contribution < -0.4 is 5.32 Å². The number of hydrogen-bond acceptors (Lipinski definition) is 1. The average Bonchev–Trinajstić information content (AvgIpc) is 2.75. The molecule has 1 saturated heterocycles. The number of rotatable bonds is 4. The third kappa shape index (κ3) is 3.93. The summed E-state index contributed by atoms with van der Waals surface area (Å²) in [5.41, 5.74) is 3.39. The Morgan fingerprint density at radius 3 is 2.58 bits per heavy atom. The van der Waals surface area contributed by atoms with Crippen LogP contribution in [0.25, 0.3) is 0 Å². The zero-order valence-corrected chi connectivity index (χ0v) is 16.5. The van der Waals surface area contributed by atoms with Crippen molar-refractivity contribution in [2.75, 3.05) is 11.9 Å². The molecule has 2 aliphatic rings. The summed E-state index contributed by atoms with van der Waals surface area (Å²) in [7, 11) is 0. The van der Waals surface area contributed by atoms with Gasteiger partial charge in [-0.05, 0) is 72.8 Å². The molecule has 1 N–H and O–H groups in total. The molecule has 2 bridgehead atoms. The Morgan fingerprint density at radius 2 is 1.92 bits per heavy atom. The number of fused-ring (bicyclic) bond motifs is 2. The van der Waals surface area contributed by atoms with E-state index < -0.39 is 0 Å². The first kappa shape index (κ1) is 17.7. The number of aryl methyl sites for hydroxylation is 1. The Balaban J connectivity index is 1.63. The van der Waals surface area contributed by atoms with Crippen molar-refractivity contribution in [2.45, 2.75) is 72.3 Å². The molecule has 1 aromatic rings. The molecule has 3 heteroatoms. The van der Waals surface area contributed by atoms with Crippen molar-refractivity contribution in [2.24, 2.45) is 10.8 Å². The van der Waals surface area contributed by atoms with Gasteiger partial charge >= 0.3 is 0 Å². The highest BCUT2D eigenvalue weighted by Gasteiger charge is 2.50. The molecule has 1 aromatic carbocycles. The Kier molecular flexibility index (Phi) is 4.92. The van der Waals surface area contributed by atoms with Crippen LogP contribution in [-0.2, 0) is 6.42 Å². The number of anilines is 1. The molecule has 1 aliphatic carbocycles. The van der Waals surface area contributed by atoms with E-state index in [0.29, 0.717) is 16.9 Å². The van der Waals surface area contributed by atoms with Gasteiger partial charge in [0.1, 0.15) is 0 Å². The first-order valence-electron chi connectivity index (χ1n) is 9.47. The van der Waals surface area contributed by atoms with Gasteiger partial charge in [0.15, 0.2) is 5.11 Å². The second-order valence-electron chi connectivity index (χ2n) is 9.07. The fourth-order valence-electron chi connectivity index (χ4n) is 5.03. The molecule has 0 aromatic heterocycles. The highest BCUT2D eigenvalue weighted by atomic mass is 32.1. The molecule has 1 aliphatic heterocycles. The molecule has 132 valence electrons. The highest BCUT2D eigenvalue weighted by molar-refractivity contribution is 7.80. The van der Waals surface area contributed by atoms with Crippen LogP contribution in [0.15, 0.2) is 24.3 Å². The van der Waals surface area contributed by atoms with Crippen LogP contribution in [0, 0.1) is 10.8 Å². The zero-order chi connectivity index (χ0) is 17.4. The van der Waals surface area contributed by atoms with Crippen molar-refractivity contribution < 1.29 is 0 Å². The summed E-state index contributed by atoms with van der Waals surface area (Å²) in [6, 6.07) is 9.40. The Hall–Kier alpha value is -1.09. The van der Waals surface area contributed by atoms with E-state index in [1.165, 1.54) is 44.1 Å². The Bertz CT molecular complexity index is 592. The minimum Gasteiger partial charge on any atom is -0.345 e. The number of nitrogens with zero attached hydrogens (tertiary/aromatic N) is 1. The van der Waals surface area contributed by atoms with Gasteiger partial charge in [-0.2, -0.15) is 0 Å². The lowest BCUT2D eigenvalue weighted by Crippen LogP contribution is -2.39. The van der Waals surface area contributed by atoms with E-state index >= 15 is 0 Å². The summed E-state index contributed by atoms with van der Waals surface area (Å²) >= 11 is 5.76. The predicted octanol–water partition coefficient (Wildman–Crippen LogP) is 5.63. The second kappa shape index (κ2) is 6.67. The summed E-state index contributed by atoms with van der Waals surface area (Å²) in [6.07, 6.45) is 7.52. The quantitative estimate of drug-likeness (QED) is 0.713. The SMILES string of the molecule is CCCCc1ccc(NC(=S)N2C[C@]3(C)C[C@H]2CC(C)(C)C3)cc1. The van der Waals surface area contributed by atoms with Gasteiger partial charge in [0.05, 0.1) is 0 Å². The van der Waals surface area contributed by atoms with Crippen LogP contribution >= 0.6 is 12.2 Å². The van der Waals surface area contributed by atoms with Gasteiger partial charge in [-0.15, -0.1) is 0 Å². The third-order valence-corrected chi connectivity index (χ3v) is 6.04. The number of hydrogen-bond donors (Lipinski definition) is 1. The normalized spacial score (nSPS) is 28.0. The van der Waals surface area contributed by atoms with Crippen LogP contribution in [0.1, 0.15) is 65.4 Å². The maximum absolute atomic E-state index is 5.76. The predicted molar refractivity (Wildman–Crippen MR) is 108 cm³/mol. The smallest absolute Gasteiger partial charge is 0.173 e. The lowest BCUT2D eigenvalue weighted by molar-refractivity contribution is 0.132. The summed E-state index contributed by atoms with van der Waals surface area (Å²) in [5, 5.41) is 4.39. The molecule has 0 amide bonds. The van der Waals surface area contributed by atoms with E-state index in [9.17, 15) is 0 Å². The lowest BCUT2D eigenvalue weighted by atomic mass is 9.65. The van der Waals surface area contributed by atoms with Crippen LogP contribution in [0.5, 0.6) is 0 Å². The molecule has 2 nitrogen and oxygen atoms in total. The minimum absolute atomic E-state index is 0.419. The van der Waals surface area contributed by atoms with Crippen molar-refractivity contribution in [3.05, 3.63) is 29.8 Å². The minimum atomic E-state index is 0.419. The topological polar surface area (TPSA) is 15.3 Å². The molecule has 1 heterocycles. The van der Waals surface area contributed by atoms with Crippen LogP contribution in [0.4, 0.5) is 5.69 Å². The van der Waals surface area contributed by atoms with Crippen LogP contribution in [-0.4, -0.2) is 22.6 Å². The molecule has 3 rings (SSSR count). The van der Waals surface area contributed by atoms with E-state index in [2.05, 4.69) is 62.2 Å². The van der Waals surface area contributed by atoms with E-state index in [0.717, 1.165) is 17.3 Å².